The average molecular weight is 431 g/mol. The zero-order chi connectivity index (χ0) is 21.9. The minimum Gasteiger partial charge on any atom is -0.491 e. The molecule has 0 spiro atoms. The Morgan fingerprint density at radius 3 is 2.74 bits per heavy atom. The molecule has 31 heavy (non-hydrogen) atoms. The fourth-order valence-electron chi connectivity index (χ4n) is 3.80. The summed E-state index contributed by atoms with van der Waals surface area (Å²) < 4.78 is 12.6. The van der Waals surface area contributed by atoms with E-state index in [1.165, 1.54) is 12.7 Å². The predicted molar refractivity (Wildman–Crippen MR) is 118 cm³/mol. The normalized spacial score (nSPS) is 16.2. The van der Waals surface area contributed by atoms with Crippen molar-refractivity contribution >= 4 is 5.97 Å². The molecule has 0 aliphatic carbocycles. The lowest BCUT2D eigenvalue weighted by Gasteiger charge is -2.31. The van der Waals surface area contributed by atoms with Crippen molar-refractivity contribution in [2.75, 3.05) is 39.9 Å². The van der Waals surface area contributed by atoms with Crippen LogP contribution < -0.4 is 10.1 Å². The summed E-state index contributed by atoms with van der Waals surface area (Å²) in [5, 5.41) is 13.7. The van der Waals surface area contributed by atoms with Gasteiger partial charge in [0.1, 0.15) is 18.5 Å². The highest BCUT2D eigenvalue weighted by Crippen LogP contribution is 2.19. The third-order valence-electron chi connectivity index (χ3n) is 5.61. The maximum atomic E-state index is 11.6. The van der Waals surface area contributed by atoms with Crippen molar-refractivity contribution in [1.29, 1.82) is 0 Å². The zero-order valence-electron chi connectivity index (χ0n) is 18.3. The number of aliphatic hydroxyl groups is 1. The number of aryl methyl sites for hydroxylation is 1. The molecule has 2 aromatic rings. The number of aromatic nitrogens is 2. The van der Waals surface area contributed by atoms with E-state index in [-0.39, 0.29) is 18.5 Å². The van der Waals surface area contributed by atoms with Gasteiger partial charge in [-0.1, -0.05) is 12.1 Å². The highest BCUT2D eigenvalue weighted by atomic mass is 16.5. The van der Waals surface area contributed by atoms with E-state index in [9.17, 15) is 9.90 Å². The summed E-state index contributed by atoms with van der Waals surface area (Å²) in [4.78, 5) is 17.8. The number of β-amino-alcohol motifs (C(OH)–C–C–N with tert-alkyl or cyclic N) is 1. The van der Waals surface area contributed by atoms with Gasteiger partial charge in [0.25, 0.3) is 0 Å². The monoisotopic (exact) mass is 430 g/mol. The average Bonchev–Trinajstić information content (AvgIpc) is 3.32. The molecule has 0 bridgehead atoms. The van der Waals surface area contributed by atoms with Crippen LogP contribution in [-0.2, 0) is 22.6 Å². The molecule has 1 aromatic carbocycles. The second kappa shape index (κ2) is 12.4. The highest BCUT2D eigenvalue weighted by Gasteiger charge is 2.26. The molecule has 8 heteroatoms. The van der Waals surface area contributed by atoms with E-state index < -0.39 is 6.10 Å². The Kier molecular flexibility index (Phi) is 9.33. The first-order valence-electron chi connectivity index (χ1n) is 11.0. The third-order valence-corrected chi connectivity index (χ3v) is 5.61. The highest BCUT2D eigenvalue weighted by molar-refractivity contribution is 5.72. The number of imidazole rings is 1. The van der Waals surface area contributed by atoms with Crippen LogP contribution in [0.15, 0.2) is 43.0 Å². The number of esters is 1. The van der Waals surface area contributed by atoms with Crippen molar-refractivity contribution < 1.29 is 19.4 Å². The standard InChI is InChI=1S/C23H34N4O4/c1-30-23(29)20-7-12-26(13-8-20)16-21(28)17-31-22-5-3-19(4-6-22)15-24-9-2-11-27-14-10-25-18-27/h3-6,10,14,18,20-21,24,28H,2,7-9,11-13,15-17H2,1H3/t21-/m1/s1. The molecule has 3 rings (SSSR count). The summed E-state index contributed by atoms with van der Waals surface area (Å²) in [7, 11) is 1.43. The molecule has 0 amide bonds. The summed E-state index contributed by atoms with van der Waals surface area (Å²) in [5.41, 5.74) is 1.20. The van der Waals surface area contributed by atoms with E-state index >= 15 is 0 Å². The van der Waals surface area contributed by atoms with Gasteiger partial charge >= 0.3 is 5.97 Å². The summed E-state index contributed by atoms with van der Waals surface area (Å²) in [6.07, 6.45) is 7.65. The SMILES string of the molecule is COC(=O)C1CCN(C[C@@H](O)COc2ccc(CNCCCn3ccnc3)cc2)CC1. The third kappa shape index (κ3) is 7.97. The zero-order valence-corrected chi connectivity index (χ0v) is 18.3. The van der Waals surface area contributed by atoms with Crippen LogP contribution in [0.25, 0.3) is 0 Å². The number of nitrogens with one attached hydrogen (secondary N) is 1. The number of carbonyl (C=O) groups is 1. The number of ether oxygens (including phenoxy) is 2. The van der Waals surface area contributed by atoms with Crippen molar-refractivity contribution in [3.8, 4) is 5.75 Å². The minimum absolute atomic E-state index is 0.0145. The lowest BCUT2D eigenvalue weighted by Crippen LogP contribution is -2.42. The molecule has 0 radical (unpaired) electrons. The van der Waals surface area contributed by atoms with Crippen molar-refractivity contribution in [1.82, 2.24) is 19.8 Å². The lowest BCUT2D eigenvalue weighted by atomic mass is 9.97. The van der Waals surface area contributed by atoms with Crippen LogP contribution in [0, 0.1) is 5.92 Å². The first kappa shape index (κ1) is 23.2. The Balaban J connectivity index is 1.27. The Morgan fingerprint density at radius 1 is 1.29 bits per heavy atom. The van der Waals surface area contributed by atoms with E-state index in [2.05, 4.69) is 19.8 Å². The van der Waals surface area contributed by atoms with Gasteiger partial charge < -0.3 is 29.4 Å². The number of carbonyl (C=O) groups excluding carboxylic acids is 1. The van der Waals surface area contributed by atoms with Gasteiger partial charge in [-0.2, -0.15) is 0 Å². The molecule has 1 atom stereocenters. The van der Waals surface area contributed by atoms with Gasteiger partial charge in [0, 0.05) is 32.0 Å². The molecule has 1 saturated heterocycles. The number of aliphatic hydroxyl groups excluding tert-OH is 1. The predicted octanol–water partition coefficient (Wildman–Crippen LogP) is 1.69. The molecule has 1 fully saturated rings. The molecule has 1 aliphatic rings. The maximum Gasteiger partial charge on any atom is 0.308 e. The van der Waals surface area contributed by atoms with Crippen molar-refractivity contribution in [3.05, 3.63) is 48.5 Å². The number of nitrogens with zero attached hydrogens (tertiary/aromatic N) is 3. The summed E-state index contributed by atoms with van der Waals surface area (Å²) in [6.45, 7) is 5.11. The van der Waals surface area contributed by atoms with Crippen LogP contribution in [0.5, 0.6) is 5.75 Å². The number of methoxy groups -OCH3 is 1. The van der Waals surface area contributed by atoms with E-state index in [1.54, 1.807) is 6.20 Å². The topological polar surface area (TPSA) is 88.9 Å². The first-order valence-corrected chi connectivity index (χ1v) is 11.0. The molecule has 1 aliphatic heterocycles. The lowest BCUT2D eigenvalue weighted by molar-refractivity contribution is -0.147. The maximum absolute atomic E-state index is 11.6. The fraction of sp³-hybridized carbons (Fsp3) is 0.565. The molecule has 1 aromatic heterocycles. The Labute approximate surface area is 184 Å². The molecule has 2 N–H and O–H groups in total. The van der Waals surface area contributed by atoms with E-state index in [1.807, 2.05) is 36.8 Å². The van der Waals surface area contributed by atoms with Crippen LogP contribution in [0.3, 0.4) is 0 Å². The number of hydrogen-bond acceptors (Lipinski definition) is 7. The van der Waals surface area contributed by atoms with Crippen LogP contribution in [0.1, 0.15) is 24.8 Å². The van der Waals surface area contributed by atoms with E-state index in [4.69, 9.17) is 9.47 Å². The molecule has 2 heterocycles. The van der Waals surface area contributed by atoms with Gasteiger partial charge in [-0.3, -0.25) is 4.79 Å². The second-order valence-electron chi connectivity index (χ2n) is 8.04. The molecular weight excluding hydrogens is 396 g/mol. The Hall–Kier alpha value is -2.42. The van der Waals surface area contributed by atoms with Gasteiger partial charge in [0.15, 0.2) is 0 Å². The van der Waals surface area contributed by atoms with Crippen molar-refractivity contribution in [2.24, 2.45) is 5.92 Å². The summed E-state index contributed by atoms with van der Waals surface area (Å²) in [6, 6.07) is 7.97. The molecule has 0 saturated carbocycles. The molecule has 8 nitrogen and oxygen atoms in total. The Bertz CT molecular complexity index is 758. The number of piperidine rings is 1. The van der Waals surface area contributed by atoms with Gasteiger partial charge in [-0.15, -0.1) is 0 Å². The van der Waals surface area contributed by atoms with Gasteiger partial charge in [-0.25, -0.2) is 4.98 Å². The summed E-state index contributed by atoms with van der Waals surface area (Å²) >= 11 is 0. The van der Waals surface area contributed by atoms with Crippen molar-refractivity contribution in [3.63, 3.8) is 0 Å². The first-order chi connectivity index (χ1) is 15.1. The van der Waals surface area contributed by atoms with Crippen molar-refractivity contribution in [2.45, 2.75) is 38.5 Å². The van der Waals surface area contributed by atoms with E-state index in [0.717, 1.165) is 57.7 Å². The van der Waals surface area contributed by atoms with Crippen LogP contribution in [-0.4, -0.2) is 71.5 Å². The number of hydrogen-bond donors (Lipinski definition) is 2. The van der Waals surface area contributed by atoms with Gasteiger partial charge in [0.2, 0.25) is 0 Å². The Morgan fingerprint density at radius 2 is 2.06 bits per heavy atom. The molecule has 0 unspecified atom stereocenters. The quantitative estimate of drug-likeness (QED) is 0.391. The number of benzene rings is 1. The smallest absolute Gasteiger partial charge is 0.308 e. The fourth-order valence-corrected chi connectivity index (χ4v) is 3.80. The summed E-state index contributed by atoms with van der Waals surface area (Å²) in [5.74, 6) is 0.614. The number of likely N-dealkylation sites (tertiary alicyclic amines) is 1. The van der Waals surface area contributed by atoms with Crippen LogP contribution >= 0.6 is 0 Å². The molecular formula is C23H34N4O4. The van der Waals surface area contributed by atoms with Crippen LogP contribution in [0.2, 0.25) is 0 Å². The minimum atomic E-state index is -0.563. The molecule has 170 valence electrons. The van der Waals surface area contributed by atoms with E-state index in [0.29, 0.717) is 6.54 Å². The second-order valence-corrected chi connectivity index (χ2v) is 8.04. The van der Waals surface area contributed by atoms with Crippen LogP contribution in [0.4, 0.5) is 0 Å². The number of rotatable bonds is 12. The van der Waals surface area contributed by atoms with Gasteiger partial charge in [-0.05, 0) is 56.6 Å². The largest absolute Gasteiger partial charge is 0.491 e. The van der Waals surface area contributed by atoms with Gasteiger partial charge in [0.05, 0.1) is 19.4 Å².